The summed E-state index contributed by atoms with van der Waals surface area (Å²) in [6.07, 6.45) is 4.68. The first-order valence-corrected chi connectivity index (χ1v) is 14.4. The Hall–Kier alpha value is -2.71. The van der Waals surface area contributed by atoms with Crippen LogP contribution in [0.4, 0.5) is 0 Å². The number of amides is 3. The molecular weight excluding hydrogens is 492 g/mol. The van der Waals surface area contributed by atoms with Crippen molar-refractivity contribution in [1.29, 1.82) is 0 Å². The average Bonchev–Trinajstić information content (AvgIpc) is 2.92. The van der Waals surface area contributed by atoms with Crippen molar-refractivity contribution in [2.75, 3.05) is 20.2 Å². The van der Waals surface area contributed by atoms with Crippen LogP contribution in [-0.2, 0) is 14.4 Å². The van der Waals surface area contributed by atoms with E-state index < -0.39 is 12.1 Å². The fourth-order valence-corrected chi connectivity index (χ4v) is 5.26. The normalized spacial score (nSPS) is 19.1. The molecule has 2 rings (SSSR count). The van der Waals surface area contributed by atoms with Gasteiger partial charge in [-0.05, 0) is 57.6 Å². The Labute approximate surface area is 235 Å². The molecule has 1 aromatic rings. The fraction of sp³-hybridized carbons (Fsp3) is 0.645. The second-order valence-electron chi connectivity index (χ2n) is 11.7. The summed E-state index contributed by atoms with van der Waals surface area (Å²) in [5.41, 5.74) is 1.28. The van der Waals surface area contributed by atoms with E-state index in [1.165, 1.54) is 0 Å². The molecule has 1 aliphatic rings. The number of benzene rings is 1. The quantitative estimate of drug-likeness (QED) is 0.350. The first kappa shape index (κ1) is 32.5. The highest BCUT2D eigenvalue weighted by atomic mass is 16.3. The molecule has 8 heteroatoms. The Morgan fingerprint density at radius 2 is 1.67 bits per heavy atom. The van der Waals surface area contributed by atoms with Crippen LogP contribution in [0, 0.1) is 11.8 Å². The molecular formula is C31H50N4O4. The van der Waals surface area contributed by atoms with Crippen LogP contribution in [0.5, 0.6) is 0 Å². The Bertz CT molecular complexity index is 976. The van der Waals surface area contributed by atoms with E-state index in [0.29, 0.717) is 5.57 Å². The molecule has 218 valence electrons. The number of nitrogens with one attached hydrogen (secondary N) is 2. The predicted octanol–water partition coefficient (Wildman–Crippen LogP) is 3.67. The molecule has 0 bridgehead atoms. The molecule has 4 atom stereocenters. The van der Waals surface area contributed by atoms with Crippen molar-refractivity contribution in [1.82, 2.24) is 20.4 Å². The maximum absolute atomic E-state index is 13.8. The summed E-state index contributed by atoms with van der Waals surface area (Å²) in [4.78, 5) is 44.0. The average molecular weight is 543 g/mol. The van der Waals surface area contributed by atoms with E-state index in [2.05, 4.69) is 29.4 Å². The lowest BCUT2D eigenvalue weighted by molar-refractivity contribution is -0.140. The van der Waals surface area contributed by atoms with Crippen LogP contribution in [0.25, 0.3) is 0 Å². The van der Waals surface area contributed by atoms with Crippen molar-refractivity contribution in [3.63, 3.8) is 0 Å². The minimum Gasteiger partial charge on any atom is -0.394 e. The third-order valence-corrected chi connectivity index (χ3v) is 7.69. The minimum atomic E-state index is -0.668. The number of aliphatic hydroxyl groups excluding tert-OH is 1. The van der Waals surface area contributed by atoms with Crippen molar-refractivity contribution in [3.05, 3.63) is 47.5 Å². The van der Waals surface area contributed by atoms with Crippen LogP contribution in [0.15, 0.2) is 42.0 Å². The van der Waals surface area contributed by atoms with Crippen LogP contribution in [-0.4, -0.2) is 77.0 Å². The fourth-order valence-electron chi connectivity index (χ4n) is 5.26. The standard InChI is InChI=1S/C31H50N4O4/c1-20(2)27(18-23(7)29(37)32-25(19-36)24-14-10-9-11-15-24)34(8)31(39)28(21(3)4)33-30(38)26-16-12-13-17-35(26)22(5)6/h9-11,14-15,18,20-22,25-28,36H,12-13,16-17,19H2,1-8H3,(H,32,37)(H,33,38)/b23-18+/t25-,26?,27-,28+/m1/s1. The van der Waals surface area contributed by atoms with Gasteiger partial charge in [-0.15, -0.1) is 0 Å². The largest absolute Gasteiger partial charge is 0.394 e. The zero-order chi connectivity index (χ0) is 29.3. The van der Waals surface area contributed by atoms with Gasteiger partial charge in [-0.1, -0.05) is 70.5 Å². The molecule has 0 aromatic heterocycles. The highest BCUT2D eigenvalue weighted by molar-refractivity contribution is 5.93. The van der Waals surface area contributed by atoms with E-state index in [-0.39, 0.29) is 54.3 Å². The van der Waals surface area contributed by atoms with Gasteiger partial charge in [0.05, 0.1) is 24.7 Å². The maximum atomic E-state index is 13.8. The number of carbonyl (C=O) groups is 3. The number of piperidine rings is 1. The molecule has 1 fully saturated rings. The number of hydrogen-bond donors (Lipinski definition) is 3. The van der Waals surface area contributed by atoms with Gasteiger partial charge in [0.2, 0.25) is 17.7 Å². The van der Waals surface area contributed by atoms with Gasteiger partial charge in [-0.2, -0.15) is 0 Å². The van der Waals surface area contributed by atoms with Gasteiger partial charge in [0.25, 0.3) is 0 Å². The summed E-state index contributed by atoms with van der Waals surface area (Å²) in [6, 6.07) is 7.81. The van der Waals surface area contributed by atoms with Crippen molar-refractivity contribution < 1.29 is 19.5 Å². The lowest BCUT2D eigenvalue weighted by Gasteiger charge is -2.39. The summed E-state index contributed by atoms with van der Waals surface area (Å²) in [5, 5.41) is 15.8. The van der Waals surface area contributed by atoms with E-state index in [0.717, 1.165) is 31.4 Å². The third kappa shape index (κ3) is 8.90. The number of likely N-dealkylation sites (tertiary alicyclic amines) is 1. The van der Waals surface area contributed by atoms with Crippen LogP contribution < -0.4 is 10.6 Å². The second-order valence-corrected chi connectivity index (χ2v) is 11.7. The number of likely N-dealkylation sites (N-methyl/N-ethyl adjacent to an activating group) is 1. The van der Waals surface area contributed by atoms with E-state index in [9.17, 15) is 19.5 Å². The Morgan fingerprint density at radius 3 is 2.21 bits per heavy atom. The zero-order valence-electron chi connectivity index (χ0n) is 25.1. The van der Waals surface area contributed by atoms with Crippen LogP contribution in [0.1, 0.15) is 79.3 Å². The highest BCUT2D eigenvalue weighted by Gasteiger charge is 2.36. The van der Waals surface area contributed by atoms with E-state index in [1.54, 1.807) is 24.9 Å². The number of aliphatic hydroxyl groups is 1. The smallest absolute Gasteiger partial charge is 0.247 e. The third-order valence-electron chi connectivity index (χ3n) is 7.69. The molecule has 0 spiro atoms. The van der Waals surface area contributed by atoms with Gasteiger partial charge in [-0.3, -0.25) is 19.3 Å². The van der Waals surface area contributed by atoms with Crippen LogP contribution >= 0.6 is 0 Å². The summed E-state index contributed by atoms with van der Waals surface area (Å²) < 4.78 is 0. The van der Waals surface area contributed by atoms with Gasteiger partial charge in [0, 0.05) is 18.7 Å². The van der Waals surface area contributed by atoms with Gasteiger partial charge in [0.1, 0.15) is 6.04 Å². The Kier molecular flexibility index (Phi) is 12.6. The van der Waals surface area contributed by atoms with Crippen LogP contribution in [0.2, 0.25) is 0 Å². The molecule has 0 radical (unpaired) electrons. The molecule has 0 aliphatic carbocycles. The number of rotatable bonds is 12. The molecule has 3 amide bonds. The van der Waals surface area contributed by atoms with Gasteiger partial charge in [-0.25, -0.2) is 0 Å². The molecule has 0 saturated carbocycles. The van der Waals surface area contributed by atoms with Crippen molar-refractivity contribution in [3.8, 4) is 0 Å². The Balaban J connectivity index is 2.18. The minimum absolute atomic E-state index is 0.0303. The zero-order valence-corrected chi connectivity index (χ0v) is 25.1. The van der Waals surface area contributed by atoms with E-state index in [4.69, 9.17) is 0 Å². The van der Waals surface area contributed by atoms with E-state index in [1.807, 2.05) is 58.0 Å². The summed E-state index contributed by atoms with van der Waals surface area (Å²) in [5.74, 6) is -0.637. The molecule has 1 unspecified atom stereocenters. The van der Waals surface area contributed by atoms with Gasteiger partial charge < -0.3 is 20.6 Å². The summed E-state index contributed by atoms with van der Waals surface area (Å²) in [6.45, 7) is 14.5. The number of carbonyl (C=O) groups excluding carboxylic acids is 3. The topological polar surface area (TPSA) is 102 Å². The molecule has 1 saturated heterocycles. The van der Waals surface area contributed by atoms with Crippen LogP contribution in [0.3, 0.4) is 0 Å². The lowest BCUT2D eigenvalue weighted by Crippen LogP contribution is -2.58. The lowest BCUT2D eigenvalue weighted by atomic mass is 9.95. The molecule has 1 aromatic carbocycles. The van der Waals surface area contributed by atoms with Gasteiger partial charge in [0.15, 0.2) is 0 Å². The molecule has 8 nitrogen and oxygen atoms in total. The molecule has 3 N–H and O–H groups in total. The predicted molar refractivity (Wildman–Crippen MR) is 156 cm³/mol. The monoisotopic (exact) mass is 542 g/mol. The van der Waals surface area contributed by atoms with Crippen molar-refractivity contribution >= 4 is 17.7 Å². The summed E-state index contributed by atoms with van der Waals surface area (Å²) in [7, 11) is 1.73. The molecule has 39 heavy (non-hydrogen) atoms. The maximum Gasteiger partial charge on any atom is 0.247 e. The second kappa shape index (κ2) is 15.2. The molecule has 1 heterocycles. The van der Waals surface area contributed by atoms with E-state index >= 15 is 0 Å². The Morgan fingerprint density at radius 1 is 1.03 bits per heavy atom. The first-order valence-electron chi connectivity index (χ1n) is 14.4. The van der Waals surface area contributed by atoms with Crippen molar-refractivity contribution in [2.24, 2.45) is 11.8 Å². The SMILES string of the molecule is C/C(=C\[C@H](C(C)C)N(C)C(=O)[C@@H](NC(=O)C1CCCCN1C(C)C)C(C)C)C(=O)N[C@H](CO)c1ccccc1. The molecule has 1 aliphatic heterocycles. The van der Waals surface area contributed by atoms with Gasteiger partial charge >= 0.3 is 0 Å². The first-order chi connectivity index (χ1) is 18.4. The number of hydrogen-bond acceptors (Lipinski definition) is 5. The summed E-state index contributed by atoms with van der Waals surface area (Å²) >= 11 is 0. The van der Waals surface area contributed by atoms with Crippen molar-refractivity contribution in [2.45, 2.75) is 97.9 Å². The highest BCUT2D eigenvalue weighted by Crippen LogP contribution is 2.22. The number of nitrogens with zero attached hydrogens (tertiary/aromatic N) is 2.